The van der Waals surface area contributed by atoms with E-state index in [0.29, 0.717) is 22.7 Å². The minimum atomic E-state index is -0.953. The van der Waals surface area contributed by atoms with Gasteiger partial charge in [0.2, 0.25) is 11.8 Å². The van der Waals surface area contributed by atoms with Crippen LogP contribution in [0.5, 0.6) is 0 Å². The number of amides is 1. The van der Waals surface area contributed by atoms with E-state index in [4.69, 9.17) is 9.52 Å². The van der Waals surface area contributed by atoms with Crippen LogP contribution in [0, 0.1) is 5.92 Å². The summed E-state index contributed by atoms with van der Waals surface area (Å²) in [5.41, 5.74) is 2.58. The molecule has 0 spiro atoms. The number of pyridine rings is 1. The predicted molar refractivity (Wildman–Crippen MR) is 85.3 cm³/mol. The molecule has 0 bridgehead atoms. The molecule has 24 heavy (non-hydrogen) atoms. The standard InChI is InChI=1S/C17H13N3O4/c21-15-6-11(17(22)23)9-20(15)12-3-4-13-14(7-12)24-16(19-13)10-2-1-5-18-8-10/h1-5,7-8,11H,6,9H2,(H,22,23)/t11-/m0/s1. The van der Waals surface area contributed by atoms with E-state index in [1.54, 1.807) is 36.7 Å². The monoisotopic (exact) mass is 323 g/mol. The zero-order chi connectivity index (χ0) is 16.7. The van der Waals surface area contributed by atoms with Crippen molar-refractivity contribution in [1.82, 2.24) is 9.97 Å². The number of rotatable bonds is 3. The van der Waals surface area contributed by atoms with E-state index in [1.165, 1.54) is 4.90 Å². The van der Waals surface area contributed by atoms with Gasteiger partial charge in [-0.1, -0.05) is 0 Å². The molecule has 1 fully saturated rings. The van der Waals surface area contributed by atoms with Gasteiger partial charge in [-0.15, -0.1) is 0 Å². The lowest BCUT2D eigenvalue weighted by molar-refractivity contribution is -0.141. The summed E-state index contributed by atoms with van der Waals surface area (Å²) in [6.07, 6.45) is 3.35. The smallest absolute Gasteiger partial charge is 0.308 e. The first-order valence-electron chi connectivity index (χ1n) is 7.46. The van der Waals surface area contributed by atoms with Crippen LogP contribution in [0.2, 0.25) is 0 Å². The Kier molecular flexibility index (Phi) is 3.26. The van der Waals surface area contributed by atoms with E-state index in [0.717, 1.165) is 5.56 Å². The topological polar surface area (TPSA) is 96.5 Å². The average Bonchev–Trinajstić information content (AvgIpc) is 3.18. The second-order valence-electron chi connectivity index (χ2n) is 5.66. The van der Waals surface area contributed by atoms with Crippen molar-refractivity contribution in [1.29, 1.82) is 0 Å². The van der Waals surface area contributed by atoms with Crippen molar-refractivity contribution in [3.8, 4) is 11.5 Å². The third kappa shape index (κ3) is 2.40. The molecule has 1 atom stereocenters. The van der Waals surface area contributed by atoms with Gasteiger partial charge in [0.25, 0.3) is 0 Å². The number of hydrogen-bond donors (Lipinski definition) is 1. The van der Waals surface area contributed by atoms with Crippen LogP contribution < -0.4 is 4.90 Å². The number of carbonyl (C=O) groups is 2. The predicted octanol–water partition coefficient (Wildman–Crippen LogP) is 2.33. The first-order valence-corrected chi connectivity index (χ1v) is 7.46. The summed E-state index contributed by atoms with van der Waals surface area (Å²) in [6, 6.07) is 8.87. The van der Waals surface area contributed by atoms with Crippen molar-refractivity contribution in [3.63, 3.8) is 0 Å². The van der Waals surface area contributed by atoms with Gasteiger partial charge in [0.05, 0.1) is 11.5 Å². The molecule has 2 aromatic heterocycles. The normalized spacial score (nSPS) is 17.6. The average molecular weight is 323 g/mol. The number of aliphatic carboxylic acids is 1. The maximum atomic E-state index is 12.1. The molecule has 4 rings (SSSR count). The first kappa shape index (κ1) is 14.4. The molecule has 0 radical (unpaired) electrons. The number of aromatic nitrogens is 2. The largest absolute Gasteiger partial charge is 0.481 e. The van der Waals surface area contributed by atoms with Gasteiger partial charge < -0.3 is 14.4 Å². The Balaban J connectivity index is 1.69. The molecule has 7 nitrogen and oxygen atoms in total. The van der Waals surface area contributed by atoms with E-state index in [9.17, 15) is 9.59 Å². The molecule has 120 valence electrons. The van der Waals surface area contributed by atoms with Crippen LogP contribution in [-0.2, 0) is 9.59 Å². The molecular formula is C17H13N3O4. The fraction of sp³-hybridized carbons (Fsp3) is 0.176. The highest BCUT2D eigenvalue weighted by atomic mass is 16.4. The molecular weight excluding hydrogens is 310 g/mol. The summed E-state index contributed by atoms with van der Waals surface area (Å²) >= 11 is 0. The second-order valence-corrected chi connectivity index (χ2v) is 5.66. The van der Waals surface area contributed by atoms with Gasteiger partial charge >= 0.3 is 5.97 Å². The maximum absolute atomic E-state index is 12.1. The van der Waals surface area contributed by atoms with Crippen LogP contribution in [0.3, 0.4) is 0 Å². The summed E-state index contributed by atoms with van der Waals surface area (Å²) in [7, 11) is 0. The van der Waals surface area contributed by atoms with Crippen LogP contribution in [0.15, 0.2) is 47.1 Å². The first-order chi connectivity index (χ1) is 11.6. The van der Waals surface area contributed by atoms with Gasteiger partial charge in [-0.3, -0.25) is 14.6 Å². The Hall–Kier alpha value is -3.22. The Morgan fingerprint density at radius 1 is 1.33 bits per heavy atom. The fourth-order valence-corrected chi connectivity index (χ4v) is 2.82. The molecule has 1 aliphatic heterocycles. The Bertz CT molecular complexity index is 935. The quantitative estimate of drug-likeness (QED) is 0.794. The number of benzene rings is 1. The summed E-state index contributed by atoms with van der Waals surface area (Å²) < 4.78 is 5.76. The van der Waals surface area contributed by atoms with Gasteiger partial charge in [-0.05, 0) is 24.3 Å². The van der Waals surface area contributed by atoms with Crippen LogP contribution in [0.25, 0.3) is 22.6 Å². The van der Waals surface area contributed by atoms with Crippen LogP contribution >= 0.6 is 0 Å². The molecule has 1 aliphatic rings. The van der Waals surface area contributed by atoms with Crippen LogP contribution in [-0.4, -0.2) is 33.5 Å². The molecule has 0 aliphatic carbocycles. The van der Waals surface area contributed by atoms with Crippen molar-refractivity contribution in [3.05, 3.63) is 42.7 Å². The summed E-state index contributed by atoms with van der Waals surface area (Å²) in [5.74, 6) is -1.38. The number of carboxylic acid groups (broad SMARTS) is 1. The number of oxazole rings is 1. The van der Waals surface area contributed by atoms with E-state index < -0.39 is 11.9 Å². The van der Waals surface area contributed by atoms with Crippen LogP contribution in [0.4, 0.5) is 5.69 Å². The molecule has 1 saturated heterocycles. The molecule has 0 unspecified atom stereocenters. The van der Waals surface area contributed by atoms with E-state index >= 15 is 0 Å². The number of nitrogens with zero attached hydrogens (tertiary/aromatic N) is 3. The van der Waals surface area contributed by atoms with E-state index in [-0.39, 0.29) is 18.9 Å². The summed E-state index contributed by atoms with van der Waals surface area (Å²) in [6.45, 7) is 0.170. The van der Waals surface area contributed by atoms with Gasteiger partial charge in [0, 0.05) is 37.1 Å². The van der Waals surface area contributed by atoms with Crippen molar-refractivity contribution >= 4 is 28.7 Å². The highest BCUT2D eigenvalue weighted by Crippen LogP contribution is 2.30. The van der Waals surface area contributed by atoms with Gasteiger partial charge in [-0.25, -0.2) is 4.98 Å². The number of fused-ring (bicyclic) bond motifs is 1. The zero-order valence-electron chi connectivity index (χ0n) is 12.5. The molecule has 0 saturated carbocycles. The third-order valence-electron chi connectivity index (χ3n) is 4.07. The molecule has 7 heteroatoms. The van der Waals surface area contributed by atoms with Gasteiger partial charge in [0.15, 0.2) is 5.58 Å². The Morgan fingerprint density at radius 2 is 2.21 bits per heavy atom. The zero-order valence-corrected chi connectivity index (χ0v) is 12.5. The summed E-state index contributed by atoms with van der Waals surface area (Å²) in [5, 5.41) is 9.08. The lowest BCUT2D eigenvalue weighted by Crippen LogP contribution is -2.25. The Morgan fingerprint density at radius 3 is 2.92 bits per heavy atom. The molecule has 3 aromatic rings. The van der Waals surface area contributed by atoms with E-state index in [2.05, 4.69) is 9.97 Å². The SMILES string of the molecule is O=C(O)[C@H]1CC(=O)N(c2ccc3nc(-c4cccnc4)oc3c2)C1. The molecule has 1 amide bonds. The maximum Gasteiger partial charge on any atom is 0.308 e. The van der Waals surface area contributed by atoms with Crippen molar-refractivity contribution in [2.45, 2.75) is 6.42 Å². The third-order valence-corrected chi connectivity index (χ3v) is 4.07. The Labute approximate surface area is 136 Å². The minimum Gasteiger partial charge on any atom is -0.481 e. The van der Waals surface area contributed by atoms with E-state index in [1.807, 2.05) is 6.07 Å². The number of carbonyl (C=O) groups excluding carboxylic acids is 1. The molecule has 3 heterocycles. The molecule has 1 aromatic carbocycles. The molecule has 1 N–H and O–H groups in total. The second kappa shape index (κ2) is 5.45. The number of anilines is 1. The van der Waals surface area contributed by atoms with Crippen molar-refractivity contribution < 1.29 is 19.1 Å². The highest BCUT2D eigenvalue weighted by molar-refractivity contribution is 6.00. The fourth-order valence-electron chi connectivity index (χ4n) is 2.82. The number of carboxylic acids is 1. The van der Waals surface area contributed by atoms with Gasteiger partial charge in [0.1, 0.15) is 5.52 Å². The van der Waals surface area contributed by atoms with Crippen molar-refractivity contribution in [2.24, 2.45) is 5.92 Å². The van der Waals surface area contributed by atoms with Gasteiger partial charge in [-0.2, -0.15) is 0 Å². The highest BCUT2D eigenvalue weighted by Gasteiger charge is 2.35. The lowest BCUT2D eigenvalue weighted by Gasteiger charge is -2.15. The van der Waals surface area contributed by atoms with Crippen molar-refractivity contribution in [2.75, 3.05) is 11.4 Å². The number of hydrogen-bond acceptors (Lipinski definition) is 5. The summed E-state index contributed by atoms with van der Waals surface area (Å²) in [4.78, 5) is 33.1. The van der Waals surface area contributed by atoms with Crippen LogP contribution in [0.1, 0.15) is 6.42 Å². The lowest BCUT2D eigenvalue weighted by atomic mass is 10.1. The minimum absolute atomic E-state index is 0.0186.